The number of ether oxygens (including phenoxy) is 1. The minimum Gasteiger partial charge on any atom is -0.372 e. The molecule has 0 aromatic rings. The van der Waals surface area contributed by atoms with E-state index in [-0.39, 0.29) is 11.2 Å². The number of carbonyl (C=O) groups is 1. The first kappa shape index (κ1) is 11.1. The van der Waals surface area contributed by atoms with Crippen LogP contribution in [0.2, 0.25) is 0 Å². The molecule has 0 N–H and O–H groups in total. The number of rotatable bonds is 3. The highest BCUT2D eigenvalue weighted by Crippen LogP contribution is 2.28. The van der Waals surface area contributed by atoms with E-state index in [4.69, 9.17) is 4.74 Å². The van der Waals surface area contributed by atoms with Crippen LogP contribution in [0.3, 0.4) is 0 Å². The lowest BCUT2D eigenvalue weighted by atomic mass is 9.88. The maximum Gasteiger partial charge on any atom is 0.136 e. The Kier molecular flexibility index (Phi) is 2.86. The van der Waals surface area contributed by atoms with Gasteiger partial charge in [-0.2, -0.15) is 0 Å². The maximum atomic E-state index is 11.5. The third-order valence-electron chi connectivity index (χ3n) is 3.69. The Labute approximate surface area is 91.8 Å². The van der Waals surface area contributed by atoms with E-state index < -0.39 is 0 Å². The Balaban J connectivity index is 1.93. The van der Waals surface area contributed by atoms with Crippen LogP contribution in [0.4, 0.5) is 0 Å². The summed E-state index contributed by atoms with van der Waals surface area (Å²) in [6.07, 6.45) is 3.24. The molecular formula is C12H21NO2. The summed E-state index contributed by atoms with van der Waals surface area (Å²) in [7, 11) is 0. The fourth-order valence-electron chi connectivity index (χ4n) is 2.50. The summed E-state index contributed by atoms with van der Waals surface area (Å²) < 4.78 is 5.78. The lowest BCUT2D eigenvalue weighted by Gasteiger charge is -2.36. The molecule has 0 aliphatic carbocycles. The van der Waals surface area contributed by atoms with Gasteiger partial charge in [-0.1, -0.05) is 13.8 Å². The van der Waals surface area contributed by atoms with Crippen molar-refractivity contribution < 1.29 is 9.53 Å². The number of fused-ring (bicyclic) bond motifs is 2. The smallest absolute Gasteiger partial charge is 0.136 e. The van der Waals surface area contributed by atoms with Crippen LogP contribution in [0.15, 0.2) is 0 Å². The fourth-order valence-corrected chi connectivity index (χ4v) is 2.50. The molecule has 2 rings (SSSR count). The normalized spacial score (nSPS) is 31.9. The molecule has 2 unspecified atom stereocenters. The number of likely N-dealkylation sites (tertiary alicyclic amines) is 1. The molecule has 2 atom stereocenters. The number of nitrogens with zero attached hydrogens (tertiary/aromatic N) is 1. The number of Topliss-reactive ketones (excluding diaryl/α,β-unsaturated/α-hetero) is 1. The van der Waals surface area contributed by atoms with Gasteiger partial charge in [0.2, 0.25) is 0 Å². The van der Waals surface area contributed by atoms with E-state index in [1.165, 1.54) is 12.8 Å². The van der Waals surface area contributed by atoms with Gasteiger partial charge >= 0.3 is 0 Å². The lowest BCUT2D eigenvalue weighted by Crippen LogP contribution is -2.47. The summed E-state index contributed by atoms with van der Waals surface area (Å²) in [6.45, 7) is 8.65. The molecule has 0 aromatic carbocycles. The molecule has 0 spiro atoms. The van der Waals surface area contributed by atoms with Gasteiger partial charge in [0.05, 0.1) is 12.2 Å². The van der Waals surface area contributed by atoms with Gasteiger partial charge in [-0.15, -0.1) is 0 Å². The highest BCUT2D eigenvalue weighted by molar-refractivity contribution is 5.81. The Morgan fingerprint density at radius 2 is 1.87 bits per heavy atom. The van der Waals surface area contributed by atoms with Gasteiger partial charge in [0.25, 0.3) is 0 Å². The summed E-state index contributed by atoms with van der Waals surface area (Å²) in [5.74, 6) is 0.279. The van der Waals surface area contributed by atoms with Crippen LogP contribution in [-0.2, 0) is 9.53 Å². The Morgan fingerprint density at radius 1 is 1.33 bits per heavy atom. The summed E-state index contributed by atoms with van der Waals surface area (Å²) >= 11 is 0. The van der Waals surface area contributed by atoms with Crippen molar-refractivity contribution in [1.82, 2.24) is 4.90 Å². The standard InChI is InChI=1S/C12H21NO2/c1-9(14)12(2,3)8-13-6-10-4-5-11(7-13)15-10/h10-11H,4-8H2,1-3H3. The van der Waals surface area contributed by atoms with E-state index >= 15 is 0 Å². The summed E-state index contributed by atoms with van der Waals surface area (Å²) in [5, 5.41) is 0. The van der Waals surface area contributed by atoms with Crippen molar-refractivity contribution in [2.24, 2.45) is 5.41 Å². The minimum absolute atomic E-state index is 0.212. The van der Waals surface area contributed by atoms with Crippen LogP contribution < -0.4 is 0 Å². The predicted molar refractivity (Wildman–Crippen MR) is 58.8 cm³/mol. The van der Waals surface area contributed by atoms with Crippen molar-refractivity contribution in [3.63, 3.8) is 0 Å². The third-order valence-corrected chi connectivity index (χ3v) is 3.69. The predicted octanol–water partition coefficient (Wildman–Crippen LogP) is 1.46. The molecule has 2 aliphatic heterocycles. The van der Waals surface area contributed by atoms with Gasteiger partial charge in [0.1, 0.15) is 5.78 Å². The van der Waals surface area contributed by atoms with Gasteiger partial charge < -0.3 is 4.74 Å². The monoisotopic (exact) mass is 211 g/mol. The zero-order valence-corrected chi connectivity index (χ0v) is 9.95. The van der Waals surface area contributed by atoms with Crippen LogP contribution in [0, 0.1) is 5.41 Å². The number of morpholine rings is 1. The number of carbonyl (C=O) groups excluding carboxylic acids is 1. The van der Waals surface area contributed by atoms with Gasteiger partial charge in [-0.25, -0.2) is 0 Å². The fraction of sp³-hybridized carbons (Fsp3) is 0.917. The van der Waals surface area contributed by atoms with E-state index in [2.05, 4.69) is 4.90 Å². The van der Waals surface area contributed by atoms with E-state index in [9.17, 15) is 4.79 Å². The van der Waals surface area contributed by atoms with Crippen molar-refractivity contribution in [1.29, 1.82) is 0 Å². The zero-order valence-electron chi connectivity index (χ0n) is 9.95. The largest absolute Gasteiger partial charge is 0.372 e. The van der Waals surface area contributed by atoms with Gasteiger partial charge in [0, 0.05) is 25.0 Å². The molecule has 2 fully saturated rings. The Bertz CT molecular complexity index is 250. The molecular weight excluding hydrogens is 190 g/mol. The first-order valence-corrected chi connectivity index (χ1v) is 5.86. The second-order valence-corrected chi connectivity index (χ2v) is 5.59. The molecule has 2 bridgehead atoms. The molecule has 3 heteroatoms. The van der Waals surface area contributed by atoms with Crippen LogP contribution in [0.25, 0.3) is 0 Å². The van der Waals surface area contributed by atoms with E-state index in [0.717, 1.165) is 19.6 Å². The van der Waals surface area contributed by atoms with Gasteiger partial charge in [-0.3, -0.25) is 9.69 Å². The molecule has 0 amide bonds. The van der Waals surface area contributed by atoms with Crippen molar-refractivity contribution in [3.8, 4) is 0 Å². The van der Waals surface area contributed by atoms with E-state index in [1.807, 2.05) is 13.8 Å². The molecule has 3 nitrogen and oxygen atoms in total. The summed E-state index contributed by atoms with van der Waals surface area (Å²) in [4.78, 5) is 13.9. The van der Waals surface area contributed by atoms with Crippen molar-refractivity contribution >= 4 is 5.78 Å². The number of hydrogen-bond donors (Lipinski definition) is 0. The summed E-state index contributed by atoms with van der Waals surface area (Å²) in [5.41, 5.74) is -0.212. The molecule has 2 aliphatic rings. The first-order chi connectivity index (χ1) is 6.97. The quantitative estimate of drug-likeness (QED) is 0.708. The zero-order chi connectivity index (χ0) is 11.1. The first-order valence-electron chi connectivity index (χ1n) is 5.86. The summed E-state index contributed by atoms with van der Waals surface area (Å²) in [6, 6.07) is 0. The third kappa shape index (κ3) is 2.40. The van der Waals surface area contributed by atoms with Crippen molar-refractivity contribution in [2.75, 3.05) is 19.6 Å². The van der Waals surface area contributed by atoms with Crippen LogP contribution >= 0.6 is 0 Å². The number of ketones is 1. The SMILES string of the molecule is CC(=O)C(C)(C)CN1CC2CCC(C1)O2. The van der Waals surface area contributed by atoms with Crippen molar-refractivity contribution in [2.45, 2.75) is 45.8 Å². The highest BCUT2D eigenvalue weighted by atomic mass is 16.5. The molecule has 2 saturated heterocycles. The van der Waals surface area contributed by atoms with Gasteiger partial charge in [0.15, 0.2) is 0 Å². The molecule has 86 valence electrons. The number of hydrogen-bond acceptors (Lipinski definition) is 3. The highest BCUT2D eigenvalue weighted by Gasteiger charge is 2.36. The van der Waals surface area contributed by atoms with Crippen molar-refractivity contribution in [3.05, 3.63) is 0 Å². The second-order valence-electron chi connectivity index (χ2n) is 5.59. The minimum atomic E-state index is -0.212. The molecule has 15 heavy (non-hydrogen) atoms. The molecule has 2 heterocycles. The topological polar surface area (TPSA) is 29.5 Å². The average molecular weight is 211 g/mol. The van der Waals surface area contributed by atoms with Gasteiger partial charge in [-0.05, 0) is 19.8 Å². The average Bonchev–Trinajstić information content (AvgIpc) is 2.44. The van der Waals surface area contributed by atoms with E-state index in [1.54, 1.807) is 6.92 Å². The molecule has 0 aromatic heterocycles. The van der Waals surface area contributed by atoms with Crippen LogP contribution in [0.1, 0.15) is 33.6 Å². The maximum absolute atomic E-state index is 11.5. The van der Waals surface area contributed by atoms with Crippen LogP contribution in [-0.4, -0.2) is 42.5 Å². The second kappa shape index (κ2) is 3.87. The van der Waals surface area contributed by atoms with Crippen LogP contribution in [0.5, 0.6) is 0 Å². The lowest BCUT2D eigenvalue weighted by molar-refractivity contribution is -0.127. The molecule has 0 radical (unpaired) electrons. The van der Waals surface area contributed by atoms with E-state index in [0.29, 0.717) is 12.2 Å². The Morgan fingerprint density at radius 3 is 2.33 bits per heavy atom. The molecule has 0 saturated carbocycles. The Hall–Kier alpha value is -0.410.